The highest BCUT2D eigenvalue weighted by Gasteiger charge is 2.34. The fourth-order valence-electron chi connectivity index (χ4n) is 8.98. The maximum absolute atomic E-state index is 6.41. The molecule has 0 saturated heterocycles. The lowest BCUT2D eigenvalue weighted by Gasteiger charge is -2.17. The van der Waals surface area contributed by atoms with Crippen molar-refractivity contribution in [3.05, 3.63) is 28.6 Å². The second kappa shape index (κ2) is 22.0. The van der Waals surface area contributed by atoms with Gasteiger partial charge < -0.3 is 54.8 Å². The smallest absolute Gasteiger partial charge is 0.181 e. The molecule has 0 aliphatic carbocycles. The molecule has 7 heterocycles. The van der Waals surface area contributed by atoms with E-state index in [4.69, 9.17) is 73.3 Å². The van der Waals surface area contributed by atoms with Crippen LogP contribution in [0, 0.1) is 28.6 Å². The number of hydrogen-bond acceptors (Lipinski definition) is 12. The summed E-state index contributed by atoms with van der Waals surface area (Å²) in [5.41, 5.74) is 6.45. The van der Waals surface area contributed by atoms with E-state index in [2.05, 4.69) is 138 Å². The van der Waals surface area contributed by atoms with Gasteiger partial charge in [0.2, 0.25) is 0 Å². The van der Waals surface area contributed by atoms with Gasteiger partial charge in [-0.25, -0.2) is 0 Å². The zero-order chi connectivity index (χ0) is 48.0. The number of rotatable bonds is 12. The molecule has 1 aliphatic rings. The Morgan fingerprint density at radius 2 is 0.318 bits per heavy atom. The molecular weight excluding hydrogens is 1060 g/mol. The van der Waals surface area contributed by atoms with E-state index in [0.717, 1.165) is 92.9 Å². The van der Waals surface area contributed by atoms with Crippen LogP contribution in [0.25, 0.3) is 34.2 Å². The van der Waals surface area contributed by atoms with Crippen LogP contribution in [0.2, 0.25) is 0 Å². The van der Waals surface area contributed by atoms with Crippen molar-refractivity contribution < 1.29 is 0 Å². The van der Waals surface area contributed by atoms with E-state index in [0.29, 0.717) is 78.5 Å². The van der Waals surface area contributed by atoms with Crippen LogP contribution in [-0.2, 0) is 78.5 Å². The van der Waals surface area contributed by atoms with Crippen LogP contribution in [0.5, 0.6) is 0 Å². The molecule has 360 valence electrons. The summed E-state index contributed by atoms with van der Waals surface area (Å²) in [4.78, 5) is 0. The fraction of sp³-hybridized carbons (Fsp3) is 0.571. The maximum atomic E-state index is 6.41. The van der Waals surface area contributed by atoms with Crippen molar-refractivity contribution in [1.82, 2.24) is 54.8 Å². The Morgan fingerprint density at radius 1 is 0.212 bits per heavy atom. The second-order valence-electron chi connectivity index (χ2n) is 15.0. The van der Waals surface area contributed by atoms with E-state index < -0.39 is 0 Å². The van der Waals surface area contributed by atoms with E-state index >= 15 is 0 Å². The second-order valence-corrected chi connectivity index (χ2v) is 23.6. The van der Waals surface area contributed by atoms with E-state index in [1.807, 2.05) is 0 Å². The predicted molar refractivity (Wildman–Crippen MR) is 300 cm³/mol. The predicted octanol–water partition coefficient (Wildman–Crippen LogP) is 15.6. The van der Waals surface area contributed by atoms with Crippen LogP contribution in [0.3, 0.4) is 0 Å². The van der Waals surface area contributed by atoms with Gasteiger partial charge in [-0.1, -0.05) is 0 Å². The Kier molecular flexibility index (Phi) is 17.5. The van der Waals surface area contributed by atoms with E-state index in [1.165, 1.54) is 0 Å². The van der Waals surface area contributed by atoms with Crippen molar-refractivity contribution in [2.45, 2.75) is 192 Å². The molecule has 66 heavy (non-hydrogen) atoms. The van der Waals surface area contributed by atoms with Crippen LogP contribution < -0.4 is 0 Å². The molecule has 0 aromatic carbocycles. The molecule has 0 atom stereocenters. The molecule has 0 spiro atoms. The van der Waals surface area contributed by atoms with Crippen LogP contribution in [-0.4, -0.2) is 54.8 Å². The molecule has 12 nitrogen and oxygen atoms in total. The largest absolute Gasteiger partial charge is 0.315 e. The summed E-state index contributed by atoms with van der Waals surface area (Å²) in [5.74, 6) is 0. The van der Waals surface area contributed by atoms with E-state index in [1.54, 1.807) is 64.8 Å². The third kappa shape index (κ3) is 8.28. The normalized spacial score (nSPS) is 13.3. The zero-order valence-corrected chi connectivity index (χ0v) is 49.5. The summed E-state index contributed by atoms with van der Waals surface area (Å²) in [6, 6.07) is 0. The third-order valence-electron chi connectivity index (χ3n) is 12.1. The summed E-state index contributed by atoms with van der Waals surface area (Å²) in [5, 5.41) is 6.51. The van der Waals surface area contributed by atoms with Gasteiger partial charge in [0.15, 0.2) is 28.6 Å². The van der Waals surface area contributed by atoms with Crippen LogP contribution in [0.15, 0.2) is 30.2 Å². The van der Waals surface area contributed by atoms with Crippen LogP contribution in [0.1, 0.15) is 83.1 Å². The molecule has 0 bridgehead atoms. The summed E-state index contributed by atoms with van der Waals surface area (Å²) in [6.07, 6.45) is 0. The molecule has 0 amide bonds. The Labute approximate surface area is 443 Å². The lowest BCUT2D eigenvalue weighted by Crippen LogP contribution is -2.05. The van der Waals surface area contributed by atoms with Crippen molar-refractivity contribution in [2.75, 3.05) is 0 Å². The van der Waals surface area contributed by atoms with Crippen molar-refractivity contribution >= 4 is 138 Å². The molecule has 0 unspecified atom stereocenters. The minimum absolute atomic E-state index is 0.699. The first kappa shape index (κ1) is 52.5. The topological polar surface area (TPSA) is 59.2 Å². The van der Waals surface area contributed by atoms with E-state index in [-0.39, 0.29) is 0 Å². The lowest BCUT2D eigenvalue weighted by molar-refractivity contribution is 0.657. The average Bonchev–Trinajstić information content (AvgIpc) is 4.07. The summed E-state index contributed by atoms with van der Waals surface area (Å²) in [6.45, 7) is 34.7. The van der Waals surface area contributed by atoms with Crippen molar-refractivity contribution in [3.63, 3.8) is 0 Å². The van der Waals surface area contributed by atoms with E-state index in [9.17, 15) is 0 Å². The maximum Gasteiger partial charge on any atom is 0.181 e. The molecule has 1 aliphatic heterocycles. The summed E-state index contributed by atoms with van der Waals surface area (Å²) < 4.78 is 32.3. The van der Waals surface area contributed by atoms with Gasteiger partial charge in [-0.2, -0.15) is 0 Å². The summed E-state index contributed by atoms with van der Waals surface area (Å²) >= 11 is 38.5. The SMILES string of the molecule is CCn1c2c(n(CC)c1=S)-c1c(n(CC)c(=S)n1CC)SSc1c(n(CC)c(=S)n1CC)-c1c(n(CC)c(=S)n1CC)SSc1c(n(CC)c(=S)n1CC)-c1c(n(CC)c(=S)n1CC)SS2. The molecule has 6 aromatic heterocycles. The molecular formula is C42H60N12S12. The van der Waals surface area contributed by atoms with Crippen LogP contribution in [0.4, 0.5) is 0 Å². The molecule has 24 heteroatoms. The first-order valence-corrected chi connectivity index (χ1v) is 31.7. The minimum atomic E-state index is 0.699. The highest BCUT2D eigenvalue weighted by atomic mass is 33.1. The van der Waals surface area contributed by atoms with Gasteiger partial charge in [0.25, 0.3) is 0 Å². The van der Waals surface area contributed by atoms with Crippen LogP contribution >= 0.6 is 138 Å². The van der Waals surface area contributed by atoms with Gasteiger partial charge in [-0.05, 0) is 221 Å². The van der Waals surface area contributed by atoms with Gasteiger partial charge in [0.1, 0.15) is 64.3 Å². The standard InChI is InChI=1S/C42H60N12S12/c1-13-43-25-26-32(50(20-8)38(56)44(26)14-2)62-64-34-29(47(17-5)40(58)52(34)22-10)30-36(54(24-12)42(60)48(30)18-6)66-65-35-28(46(16-4)41(59)53(35)23-11)27-33(51(21-9)39(57)45(27)15-3)63-61-31(25)49(19-7)37(43)55/h13-24H2,1-12H3. The molecule has 0 N–H and O–H groups in total. The quantitative estimate of drug-likeness (QED) is 0.0866. The van der Waals surface area contributed by atoms with Gasteiger partial charge >= 0.3 is 0 Å². The monoisotopic (exact) mass is 1120 g/mol. The molecule has 0 fully saturated rings. The lowest BCUT2D eigenvalue weighted by atomic mass is 10.3. The van der Waals surface area contributed by atoms with Crippen molar-refractivity contribution in [3.8, 4) is 34.2 Å². The number of nitrogens with zero attached hydrogens (tertiary/aromatic N) is 12. The molecule has 7 rings (SSSR count). The first-order chi connectivity index (χ1) is 31.8. The average molecular weight is 1120 g/mol. The van der Waals surface area contributed by atoms with Gasteiger partial charge in [-0.15, -0.1) is 0 Å². The van der Waals surface area contributed by atoms with Crippen molar-refractivity contribution in [2.24, 2.45) is 0 Å². The Morgan fingerprint density at radius 3 is 0.409 bits per heavy atom. The van der Waals surface area contributed by atoms with Gasteiger partial charge in [-0.3, -0.25) is 0 Å². The van der Waals surface area contributed by atoms with Crippen molar-refractivity contribution in [1.29, 1.82) is 0 Å². The molecule has 0 radical (unpaired) electrons. The third-order valence-corrected chi connectivity index (χ3v) is 22.1. The molecule has 6 aromatic rings. The van der Waals surface area contributed by atoms with Gasteiger partial charge in [0.05, 0.1) is 0 Å². The fourth-order valence-corrected chi connectivity index (χ4v) is 20.5. The number of imidazole rings is 6. The van der Waals surface area contributed by atoms with Gasteiger partial charge in [0, 0.05) is 78.5 Å². The summed E-state index contributed by atoms with van der Waals surface area (Å²) in [7, 11) is 10.6. The number of fused-ring (bicyclic) bond motifs is 9. The Bertz CT molecular complexity index is 2630. The Balaban J connectivity index is 1.71. The molecule has 0 saturated carbocycles. The minimum Gasteiger partial charge on any atom is -0.315 e. The number of aromatic nitrogens is 12. The zero-order valence-electron chi connectivity index (χ0n) is 39.8. The number of hydrogen-bond donors (Lipinski definition) is 0. The first-order valence-electron chi connectivity index (χ1n) is 22.8. The highest BCUT2D eigenvalue weighted by molar-refractivity contribution is 8.77. The highest BCUT2D eigenvalue weighted by Crippen LogP contribution is 2.55. The Hall–Kier alpha value is -1.32.